The average molecular weight is 346 g/mol. The first kappa shape index (κ1) is 23.3. The van der Waals surface area contributed by atoms with Gasteiger partial charge in [-0.3, -0.25) is 4.79 Å². The predicted molar refractivity (Wildman–Crippen MR) is 99.0 cm³/mol. The molecule has 0 saturated heterocycles. The molecule has 0 aromatic heterocycles. The molecule has 0 heterocycles. The largest absolute Gasteiger partial charge is 0.395 e. The SMILES string of the molecule is CCC(O)CC(C)(C)NCCCNC(=O)CCC(C)(C)NCCO. The summed E-state index contributed by atoms with van der Waals surface area (Å²) in [4.78, 5) is 11.9. The molecule has 1 unspecified atom stereocenters. The molecule has 0 rings (SSSR count). The molecule has 6 nitrogen and oxygen atoms in total. The first-order chi connectivity index (χ1) is 11.1. The highest BCUT2D eigenvalue weighted by Gasteiger charge is 2.20. The van der Waals surface area contributed by atoms with Crippen molar-refractivity contribution >= 4 is 5.91 Å². The van der Waals surface area contributed by atoms with Crippen LogP contribution in [-0.4, -0.2) is 59.5 Å². The molecule has 6 heteroatoms. The van der Waals surface area contributed by atoms with Crippen LogP contribution in [0.15, 0.2) is 0 Å². The second kappa shape index (κ2) is 11.8. The summed E-state index contributed by atoms with van der Waals surface area (Å²) in [5.74, 6) is 0.0644. The number of carbonyl (C=O) groups is 1. The number of aliphatic hydroxyl groups is 2. The van der Waals surface area contributed by atoms with E-state index in [1.54, 1.807) is 0 Å². The van der Waals surface area contributed by atoms with E-state index in [0.717, 1.165) is 32.2 Å². The van der Waals surface area contributed by atoms with Crippen LogP contribution in [-0.2, 0) is 4.79 Å². The fourth-order valence-electron chi connectivity index (χ4n) is 2.55. The molecule has 0 aromatic carbocycles. The van der Waals surface area contributed by atoms with Gasteiger partial charge in [0.05, 0.1) is 12.7 Å². The van der Waals surface area contributed by atoms with Crippen LogP contribution in [0.1, 0.15) is 66.7 Å². The van der Waals surface area contributed by atoms with Gasteiger partial charge in [-0.15, -0.1) is 0 Å². The molecule has 1 amide bonds. The normalized spacial score (nSPS) is 13.8. The fraction of sp³-hybridized carbons (Fsp3) is 0.944. The van der Waals surface area contributed by atoms with Gasteiger partial charge in [-0.2, -0.15) is 0 Å². The van der Waals surface area contributed by atoms with Gasteiger partial charge in [0.1, 0.15) is 0 Å². The number of hydrogen-bond acceptors (Lipinski definition) is 5. The highest BCUT2D eigenvalue weighted by molar-refractivity contribution is 5.75. The number of nitrogens with one attached hydrogen (secondary N) is 3. The van der Waals surface area contributed by atoms with Gasteiger partial charge in [0.2, 0.25) is 5.91 Å². The second-order valence-corrected chi connectivity index (χ2v) is 7.81. The van der Waals surface area contributed by atoms with Crippen molar-refractivity contribution in [2.75, 3.05) is 26.2 Å². The minimum Gasteiger partial charge on any atom is -0.395 e. The molecule has 144 valence electrons. The smallest absolute Gasteiger partial charge is 0.220 e. The first-order valence-electron chi connectivity index (χ1n) is 9.17. The number of aliphatic hydroxyl groups excluding tert-OH is 2. The zero-order chi connectivity index (χ0) is 18.6. The zero-order valence-electron chi connectivity index (χ0n) is 16.2. The van der Waals surface area contributed by atoms with Crippen LogP contribution in [0, 0.1) is 0 Å². The van der Waals surface area contributed by atoms with Crippen LogP contribution in [0.4, 0.5) is 0 Å². The molecule has 0 aliphatic rings. The molecule has 0 radical (unpaired) electrons. The molecule has 0 bridgehead atoms. The number of β-amino-alcohol motifs (C(OH)–C–C–N with tert-alkyl or cyclic N) is 1. The standard InChI is InChI=1S/C18H39N3O3/c1-6-15(23)14-18(4,5)20-11-7-10-19-16(24)8-9-17(2,3)21-12-13-22/h15,20-23H,6-14H2,1-5H3,(H,19,24). The minimum absolute atomic E-state index is 0.0644. The monoisotopic (exact) mass is 345 g/mol. The van der Waals surface area contributed by atoms with E-state index in [0.29, 0.717) is 19.5 Å². The fourth-order valence-corrected chi connectivity index (χ4v) is 2.55. The third kappa shape index (κ3) is 12.7. The van der Waals surface area contributed by atoms with E-state index in [1.165, 1.54) is 0 Å². The molecule has 0 aliphatic heterocycles. The van der Waals surface area contributed by atoms with Crippen LogP contribution in [0.2, 0.25) is 0 Å². The van der Waals surface area contributed by atoms with Crippen molar-refractivity contribution in [3.05, 3.63) is 0 Å². The Labute approximate surface area is 147 Å². The third-order valence-electron chi connectivity index (χ3n) is 4.19. The topological polar surface area (TPSA) is 93.6 Å². The molecule has 24 heavy (non-hydrogen) atoms. The highest BCUT2D eigenvalue weighted by Crippen LogP contribution is 2.13. The maximum absolute atomic E-state index is 11.9. The Morgan fingerprint density at radius 2 is 1.67 bits per heavy atom. The number of amides is 1. The average Bonchev–Trinajstić information content (AvgIpc) is 2.50. The maximum Gasteiger partial charge on any atom is 0.220 e. The number of rotatable bonds is 14. The minimum atomic E-state index is -0.269. The Balaban J connectivity index is 3.79. The highest BCUT2D eigenvalue weighted by atomic mass is 16.3. The lowest BCUT2D eigenvalue weighted by Crippen LogP contribution is -2.43. The van der Waals surface area contributed by atoms with Crippen LogP contribution >= 0.6 is 0 Å². The van der Waals surface area contributed by atoms with Gasteiger partial charge in [0, 0.05) is 30.6 Å². The molecule has 5 N–H and O–H groups in total. The summed E-state index contributed by atoms with van der Waals surface area (Å²) in [5.41, 5.74) is -0.242. The Morgan fingerprint density at radius 1 is 1.04 bits per heavy atom. The van der Waals surface area contributed by atoms with E-state index < -0.39 is 0 Å². The van der Waals surface area contributed by atoms with Gasteiger partial charge in [-0.05, 0) is 59.9 Å². The lowest BCUT2D eigenvalue weighted by molar-refractivity contribution is -0.121. The molecule has 0 aromatic rings. The van der Waals surface area contributed by atoms with Gasteiger partial charge in [-0.1, -0.05) is 6.92 Å². The molecular formula is C18H39N3O3. The van der Waals surface area contributed by atoms with Gasteiger partial charge in [0.25, 0.3) is 0 Å². The van der Waals surface area contributed by atoms with Crippen molar-refractivity contribution in [2.24, 2.45) is 0 Å². The van der Waals surface area contributed by atoms with Crippen molar-refractivity contribution in [1.29, 1.82) is 0 Å². The summed E-state index contributed by atoms with van der Waals surface area (Å²) >= 11 is 0. The van der Waals surface area contributed by atoms with Crippen molar-refractivity contribution in [1.82, 2.24) is 16.0 Å². The summed E-state index contributed by atoms with van der Waals surface area (Å²) in [6.45, 7) is 12.3. The van der Waals surface area contributed by atoms with E-state index in [-0.39, 0.29) is 29.7 Å². The Hall–Kier alpha value is -0.690. The predicted octanol–water partition coefficient (Wildman–Crippen LogP) is 1.16. The molecule has 1 atom stereocenters. The van der Waals surface area contributed by atoms with E-state index in [9.17, 15) is 9.90 Å². The van der Waals surface area contributed by atoms with E-state index in [2.05, 4.69) is 29.8 Å². The summed E-state index contributed by atoms with van der Waals surface area (Å²) < 4.78 is 0. The molecule has 0 aliphatic carbocycles. The zero-order valence-corrected chi connectivity index (χ0v) is 16.2. The van der Waals surface area contributed by atoms with E-state index in [4.69, 9.17) is 5.11 Å². The molecule has 0 fully saturated rings. The maximum atomic E-state index is 11.9. The third-order valence-corrected chi connectivity index (χ3v) is 4.19. The Morgan fingerprint density at radius 3 is 2.25 bits per heavy atom. The summed E-state index contributed by atoms with van der Waals surface area (Å²) in [6.07, 6.45) is 3.31. The second-order valence-electron chi connectivity index (χ2n) is 7.81. The van der Waals surface area contributed by atoms with Crippen LogP contribution in [0.25, 0.3) is 0 Å². The summed E-state index contributed by atoms with van der Waals surface area (Å²) in [6, 6.07) is 0. The van der Waals surface area contributed by atoms with Crippen LogP contribution in [0.3, 0.4) is 0 Å². The molecule has 0 saturated carbocycles. The van der Waals surface area contributed by atoms with Crippen LogP contribution < -0.4 is 16.0 Å². The van der Waals surface area contributed by atoms with E-state index >= 15 is 0 Å². The quantitative estimate of drug-likeness (QED) is 0.305. The Kier molecular flexibility index (Phi) is 11.5. The lowest BCUT2D eigenvalue weighted by Gasteiger charge is -2.28. The molecule has 0 spiro atoms. The van der Waals surface area contributed by atoms with Crippen molar-refractivity contribution in [3.63, 3.8) is 0 Å². The first-order valence-corrected chi connectivity index (χ1v) is 9.17. The lowest BCUT2D eigenvalue weighted by atomic mass is 9.95. The van der Waals surface area contributed by atoms with Crippen LogP contribution in [0.5, 0.6) is 0 Å². The van der Waals surface area contributed by atoms with Gasteiger partial charge in [0.15, 0.2) is 0 Å². The molecular weight excluding hydrogens is 306 g/mol. The van der Waals surface area contributed by atoms with Crippen molar-refractivity contribution in [2.45, 2.75) is 83.9 Å². The summed E-state index contributed by atoms with van der Waals surface area (Å²) in [5, 5.41) is 28.2. The van der Waals surface area contributed by atoms with E-state index in [1.807, 2.05) is 20.8 Å². The van der Waals surface area contributed by atoms with Gasteiger partial charge < -0.3 is 26.2 Å². The number of carbonyl (C=O) groups excluding carboxylic acids is 1. The number of hydrogen-bond donors (Lipinski definition) is 5. The van der Waals surface area contributed by atoms with Crippen molar-refractivity contribution < 1.29 is 15.0 Å². The van der Waals surface area contributed by atoms with Gasteiger partial charge >= 0.3 is 0 Å². The summed E-state index contributed by atoms with van der Waals surface area (Å²) in [7, 11) is 0. The Bertz CT molecular complexity index is 346. The van der Waals surface area contributed by atoms with Crippen molar-refractivity contribution in [3.8, 4) is 0 Å². The van der Waals surface area contributed by atoms with Gasteiger partial charge in [-0.25, -0.2) is 0 Å².